The normalized spacial score (nSPS) is 12.1. The van der Waals surface area contributed by atoms with Gasteiger partial charge in [0.15, 0.2) is 0 Å². The molecule has 0 aliphatic carbocycles. The van der Waals surface area contributed by atoms with Crippen molar-refractivity contribution in [3.8, 4) is 28.3 Å². The van der Waals surface area contributed by atoms with Crippen LogP contribution >= 0.6 is 22.7 Å². The summed E-state index contributed by atoms with van der Waals surface area (Å²) in [6.45, 7) is 0. The number of hydrogen-bond donors (Lipinski definition) is 0. The van der Waals surface area contributed by atoms with Crippen LogP contribution in [0.2, 0.25) is 0 Å². The first-order chi connectivity index (χ1) is 24.3. The number of rotatable bonds is 3. The van der Waals surface area contributed by atoms with Gasteiger partial charge in [-0.25, -0.2) is 19.9 Å². The van der Waals surface area contributed by atoms with E-state index in [-0.39, 0.29) is 0 Å². The molecule has 0 fully saturated rings. The van der Waals surface area contributed by atoms with Crippen molar-refractivity contribution in [2.45, 2.75) is 0 Å². The minimum absolute atomic E-state index is 0.656. The summed E-state index contributed by atoms with van der Waals surface area (Å²) in [5, 5.41) is 8.17. The van der Waals surface area contributed by atoms with E-state index in [9.17, 15) is 0 Å². The monoisotopic (exact) mass is 661 g/mol. The SMILES string of the molecule is c1ccc(-c2ccc(-c3nc(-n4c5ccccc5c5c6sc7ncncc7c6c6sc7ccccc7c6c54)nc4ccccc34)cc2)cc1. The molecule has 5 heterocycles. The van der Waals surface area contributed by atoms with Crippen LogP contribution in [0.1, 0.15) is 0 Å². The second-order valence-corrected chi connectivity index (χ2v) is 14.3. The molecule has 0 bridgehead atoms. The Hall–Kier alpha value is -6.02. The second-order valence-electron chi connectivity index (χ2n) is 12.3. The largest absolute Gasteiger partial charge is 0.277 e. The molecule has 5 nitrogen and oxygen atoms in total. The van der Waals surface area contributed by atoms with Gasteiger partial charge in [-0.15, -0.1) is 22.7 Å². The number of nitrogens with zero attached hydrogens (tertiary/aromatic N) is 5. The summed E-state index contributed by atoms with van der Waals surface area (Å²) in [5.41, 5.74) is 7.44. The Morgan fingerprint density at radius 1 is 0.510 bits per heavy atom. The van der Waals surface area contributed by atoms with Crippen LogP contribution in [-0.4, -0.2) is 24.5 Å². The molecule has 0 saturated heterocycles. The Morgan fingerprint density at radius 3 is 2.06 bits per heavy atom. The van der Waals surface area contributed by atoms with E-state index in [1.807, 2.05) is 23.6 Å². The average Bonchev–Trinajstić information content (AvgIpc) is 3.84. The molecule has 0 unspecified atom stereocenters. The number of para-hydroxylation sites is 2. The molecule has 0 radical (unpaired) electrons. The summed E-state index contributed by atoms with van der Waals surface area (Å²) < 4.78 is 6.01. The van der Waals surface area contributed by atoms with Crippen molar-refractivity contribution in [3.05, 3.63) is 140 Å². The standard InChI is InChI=1S/C42H23N5S2/c1-2-10-24(11-3-1)25-18-20-26(21-19-25)37-27-12-4-7-15-31(27)45-42(46-37)47-32-16-8-5-13-28(32)34-38(47)35-29-14-6-9-17-33(29)48-39(35)36-30-22-43-23-44-41(30)49-40(34)36/h1-23H. The first-order valence-electron chi connectivity index (χ1n) is 16.1. The maximum absolute atomic E-state index is 5.45. The minimum Gasteiger partial charge on any atom is -0.277 e. The van der Waals surface area contributed by atoms with E-state index >= 15 is 0 Å². The Morgan fingerprint density at radius 2 is 1.18 bits per heavy atom. The van der Waals surface area contributed by atoms with Gasteiger partial charge in [-0.2, -0.15) is 0 Å². The third-order valence-corrected chi connectivity index (χ3v) is 11.9. The fourth-order valence-corrected chi connectivity index (χ4v) is 9.96. The number of benzene rings is 6. The maximum atomic E-state index is 5.45. The predicted octanol–water partition coefficient (Wildman–Crippen LogP) is 11.6. The lowest BCUT2D eigenvalue weighted by Gasteiger charge is -2.13. The third kappa shape index (κ3) is 3.85. The molecule has 0 N–H and O–H groups in total. The molecule has 11 aromatic rings. The van der Waals surface area contributed by atoms with E-state index in [4.69, 9.17) is 15.0 Å². The van der Waals surface area contributed by atoms with Crippen molar-refractivity contribution in [2.24, 2.45) is 0 Å². The molecule has 0 atom stereocenters. The predicted molar refractivity (Wildman–Crippen MR) is 206 cm³/mol. The summed E-state index contributed by atoms with van der Waals surface area (Å²) >= 11 is 3.58. The highest BCUT2D eigenvalue weighted by Gasteiger charge is 2.26. The summed E-state index contributed by atoms with van der Waals surface area (Å²) in [7, 11) is 0. The van der Waals surface area contributed by atoms with Crippen LogP contribution in [0.3, 0.4) is 0 Å². The van der Waals surface area contributed by atoms with E-state index in [0.717, 1.165) is 43.4 Å². The zero-order chi connectivity index (χ0) is 32.1. The first-order valence-corrected chi connectivity index (χ1v) is 17.8. The van der Waals surface area contributed by atoms with Crippen LogP contribution < -0.4 is 0 Å². The van der Waals surface area contributed by atoms with Crippen LogP contribution in [0.4, 0.5) is 0 Å². The van der Waals surface area contributed by atoms with E-state index in [2.05, 4.69) is 131 Å². The van der Waals surface area contributed by atoms with Crippen LogP contribution in [-0.2, 0) is 0 Å². The topological polar surface area (TPSA) is 56.5 Å². The molecule has 0 amide bonds. The van der Waals surface area contributed by atoms with Gasteiger partial charge in [0.2, 0.25) is 5.95 Å². The highest BCUT2D eigenvalue weighted by atomic mass is 32.1. The van der Waals surface area contributed by atoms with E-state index in [1.54, 1.807) is 17.7 Å². The molecule has 0 aliphatic rings. The molecule has 0 spiro atoms. The smallest absolute Gasteiger partial charge is 0.235 e. The van der Waals surface area contributed by atoms with Crippen molar-refractivity contribution in [2.75, 3.05) is 0 Å². The molecule has 49 heavy (non-hydrogen) atoms. The Balaban J connectivity index is 1.29. The highest BCUT2D eigenvalue weighted by Crippen LogP contribution is 2.51. The average molecular weight is 662 g/mol. The van der Waals surface area contributed by atoms with Crippen LogP contribution in [0.5, 0.6) is 0 Å². The number of hydrogen-bond acceptors (Lipinski definition) is 6. The van der Waals surface area contributed by atoms with Crippen LogP contribution in [0.25, 0.3) is 102 Å². The lowest BCUT2D eigenvalue weighted by molar-refractivity contribution is 1.02. The fourth-order valence-electron chi connectivity index (χ4n) is 7.45. The van der Waals surface area contributed by atoms with Crippen molar-refractivity contribution in [1.29, 1.82) is 0 Å². The van der Waals surface area contributed by atoms with E-state index < -0.39 is 0 Å². The molecular weight excluding hydrogens is 639 g/mol. The molecule has 6 aromatic carbocycles. The molecule has 228 valence electrons. The summed E-state index contributed by atoms with van der Waals surface area (Å²) in [4.78, 5) is 20.9. The lowest BCUT2D eigenvalue weighted by Crippen LogP contribution is -2.03. The molecule has 0 saturated carbocycles. The maximum Gasteiger partial charge on any atom is 0.235 e. The number of thiophene rings is 2. The summed E-state index contributed by atoms with van der Waals surface area (Å²) in [6.07, 6.45) is 3.62. The van der Waals surface area contributed by atoms with Gasteiger partial charge < -0.3 is 0 Å². The third-order valence-electron chi connectivity index (χ3n) is 9.59. The van der Waals surface area contributed by atoms with E-state index in [0.29, 0.717) is 5.95 Å². The zero-order valence-electron chi connectivity index (χ0n) is 25.8. The van der Waals surface area contributed by atoms with Gasteiger partial charge in [0.1, 0.15) is 11.2 Å². The minimum atomic E-state index is 0.656. The summed E-state index contributed by atoms with van der Waals surface area (Å²) in [5.74, 6) is 0.656. The van der Waals surface area contributed by atoms with Crippen molar-refractivity contribution in [1.82, 2.24) is 24.5 Å². The van der Waals surface area contributed by atoms with Gasteiger partial charge in [0.05, 0.1) is 22.2 Å². The summed E-state index contributed by atoms with van der Waals surface area (Å²) in [6, 6.07) is 44.9. The van der Waals surface area contributed by atoms with Crippen LogP contribution in [0.15, 0.2) is 140 Å². The number of fused-ring (bicyclic) bond motifs is 13. The molecule has 11 rings (SSSR count). The van der Waals surface area contributed by atoms with Crippen LogP contribution in [0, 0.1) is 0 Å². The molecular formula is C42H23N5S2. The Labute approximate surface area is 287 Å². The highest BCUT2D eigenvalue weighted by molar-refractivity contribution is 7.30. The molecule has 0 aliphatic heterocycles. The lowest BCUT2D eigenvalue weighted by atomic mass is 10.0. The van der Waals surface area contributed by atoms with Gasteiger partial charge in [-0.3, -0.25) is 4.57 Å². The zero-order valence-corrected chi connectivity index (χ0v) is 27.5. The molecule has 7 heteroatoms. The Kier molecular flexibility index (Phi) is 5.64. The molecule has 5 aromatic heterocycles. The van der Waals surface area contributed by atoms with Crippen molar-refractivity contribution >= 4 is 95.9 Å². The van der Waals surface area contributed by atoms with Gasteiger partial charge in [0.25, 0.3) is 0 Å². The van der Waals surface area contributed by atoms with E-state index in [1.165, 1.54) is 52.2 Å². The second kappa shape index (κ2) is 10.2. The first kappa shape index (κ1) is 27.0. The van der Waals surface area contributed by atoms with Gasteiger partial charge >= 0.3 is 0 Å². The van der Waals surface area contributed by atoms with Crippen molar-refractivity contribution < 1.29 is 0 Å². The van der Waals surface area contributed by atoms with Gasteiger partial charge in [0, 0.05) is 63.6 Å². The van der Waals surface area contributed by atoms with Gasteiger partial charge in [-0.05, 0) is 29.3 Å². The van der Waals surface area contributed by atoms with Gasteiger partial charge in [-0.1, -0.05) is 109 Å². The fraction of sp³-hybridized carbons (Fsp3) is 0. The Bertz CT molecular complexity index is 3070. The quantitative estimate of drug-likeness (QED) is 0.189. The number of aromatic nitrogens is 5. The van der Waals surface area contributed by atoms with Crippen molar-refractivity contribution in [3.63, 3.8) is 0 Å².